The summed E-state index contributed by atoms with van der Waals surface area (Å²) in [6, 6.07) is -0.464. The number of carboxylic acids is 1. The molecule has 27 heavy (non-hydrogen) atoms. The Bertz CT molecular complexity index is 563. The van der Waals surface area contributed by atoms with Crippen LogP contribution in [0, 0.1) is 22.7 Å². The maximum absolute atomic E-state index is 12.8. The topological polar surface area (TPSA) is 78.4 Å². The zero-order valence-electron chi connectivity index (χ0n) is 18.8. The summed E-state index contributed by atoms with van der Waals surface area (Å²) in [6.07, 6.45) is 5.79. The molecule has 3 atom stereocenters. The standard InChI is InChI=1S/C22H40N2O3/c1-14(2)16(13-15(3)20(26)27)11-12-17(21(4,5)6)24-19(25)18(23-10)22(7,8)9/h11-14,16-18,23H,1-10H3,(H,24,25)(H,26,27)/b12-11+,15-13+. The number of rotatable bonds is 8. The highest BCUT2D eigenvalue weighted by Crippen LogP contribution is 2.25. The largest absolute Gasteiger partial charge is 0.478 e. The predicted molar refractivity (Wildman–Crippen MR) is 113 cm³/mol. The molecule has 0 aliphatic heterocycles. The van der Waals surface area contributed by atoms with Crippen molar-refractivity contribution in [2.75, 3.05) is 7.05 Å². The van der Waals surface area contributed by atoms with E-state index in [1.165, 1.54) is 0 Å². The van der Waals surface area contributed by atoms with Gasteiger partial charge in [0, 0.05) is 5.57 Å². The summed E-state index contributed by atoms with van der Waals surface area (Å²) in [5, 5.41) is 15.4. The summed E-state index contributed by atoms with van der Waals surface area (Å²) in [5.41, 5.74) is -0.0416. The van der Waals surface area contributed by atoms with Gasteiger partial charge in [0.05, 0.1) is 12.1 Å². The average Bonchev–Trinajstić information content (AvgIpc) is 2.47. The van der Waals surface area contributed by atoms with Crippen molar-refractivity contribution in [1.29, 1.82) is 0 Å². The van der Waals surface area contributed by atoms with E-state index in [1.807, 2.05) is 32.9 Å². The van der Waals surface area contributed by atoms with Crippen LogP contribution in [0.4, 0.5) is 0 Å². The van der Waals surface area contributed by atoms with Crippen LogP contribution in [0.25, 0.3) is 0 Å². The number of likely N-dealkylation sites (N-methyl/N-ethyl adjacent to an activating group) is 1. The van der Waals surface area contributed by atoms with Gasteiger partial charge in [0.15, 0.2) is 0 Å². The molecule has 3 unspecified atom stereocenters. The minimum absolute atomic E-state index is 0.00874. The fourth-order valence-corrected chi connectivity index (χ4v) is 2.82. The second-order valence-corrected chi connectivity index (χ2v) is 9.80. The Morgan fingerprint density at radius 3 is 1.81 bits per heavy atom. The average molecular weight is 381 g/mol. The van der Waals surface area contributed by atoms with Crippen LogP contribution in [0.15, 0.2) is 23.8 Å². The van der Waals surface area contributed by atoms with E-state index in [0.717, 1.165) is 0 Å². The third kappa shape index (κ3) is 8.74. The summed E-state index contributed by atoms with van der Waals surface area (Å²) >= 11 is 0. The van der Waals surface area contributed by atoms with Crippen LogP contribution in [0.2, 0.25) is 0 Å². The summed E-state index contributed by atoms with van der Waals surface area (Å²) in [7, 11) is 1.80. The molecule has 0 spiro atoms. The monoisotopic (exact) mass is 380 g/mol. The van der Waals surface area contributed by atoms with Crippen molar-refractivity contribution in [1.82, 2.24) is 10.6 Å². The van der Waals surface area contributed by atoms with E-state index in [4.69, 9.17) is 5.11 Å². The number of carboxylic acid groups (broad SMARTS) is 1. The third-order valence-electron chi connectivity index (χ3n) is 4.72. The van der Waals surface area contributed by atoms with Gasteiger partial charge in [-0.15, -0.1) is 0 Å². The van der Waals surface area contributed by atoms with Gasteiger partial charge < -0.3 is 15.7 Å². The molecule has 0 aromatic rings. The van der Waals surface area contributed by atoms with Crippen LogP contribution in [-0.2, 0) is 9.59 Å². The Kier molecular flexibility index (Phi) is 9.47. The Morgan fingerprint density at radius 2 is 1.48 bits per heavy atom. The molecule has 5 heteroatoms. The van der Waals surface area contributed by atoms with E-state index in [9.17, 15) is 9.59 Å². The van der Waals surface area contributed by atoms with Gasteiger partial charge in [-0.3, -0.25) is 4.79 Å². The quantitative estimate of drug-likeness (QED) is 0.439. The van der Waals surface area contributed by atoms with Gasteiger partial charge in [0.2, 0.25) is 5.91 Å². The highest BCUT2D eigenvalue weighted by Gasteiger charge is 2.33. The van der Waals surface area contributed by atoms with E-state index in [-0.39, 0.29) is 40.7 Å². The minimum Gasteiger partial charge on any atom is -0.478 e. The number of allylic oxidation sites excluding steroid dienone is 2. The minimum atomic E-state index is -0.906. The Labute approximate surface area is 165 Å². The van der Waals surface area contributed by atoms with Crippen LogP contribution >= 0.6 is 0 Å². The van der Waals surface area contributed by atoms with E-state index in [2.05, 4.69) is 45.3 Å². The lowest BCUT2D eigenvalue weighted by atomic mass is 9.82. The smallest absolute Gasteiger partial charge is 0.330 e. The molecule has 3 N–H and O–H groups in total. The zero-order chi connectivity index (χ0) is 21.6. The van der Waals surface area contributed by atoms with E-state index < -0.39 is 5.97 Å². The molecule has 0 fully saturated rings. The van der Waals surface area contributed by atoms with Gasteiger partial charge in [-0.05, 0) is 36.6 Å². The third-order valence-corrected chi connectivity index (χ3v) is 4.72. The first-order valence-electron chi connectivity index (χ1n) is 9.69. The fourth-order valence-electron chi connectivity index (χ4n) is 2.82. The lowest BCUT2D eigenvalue weighted by Gasteiger charge is -2.34. The summed E-state index contributed by atoms with van der Waals surface area (Å²) in [4.78, 5) is 24.0. The molecular formula is C22H40N2O3. The Hall–Kier alpha value is -1.62. The van der Waals surface area contributed by atoms with E-state index >= 15 is 0 Å². The Morgan fingerprint density at radius 1 is 0.963 bits per heavy atom. The number of carbonyl (C=O) groups excluding carboxylic acids is 1. The van der Waals surface area contributed by atoms with Gasteiger partial charge in [-0.25, -0.2) is 4.79 Å². The summed E-state index contributed by atoms with van der Waals surface area (Å²) in [6.45, 7) is 18.1. The number of carbonyl (C=O) groups is 2. The first-order chi connectivity index (χ1) is 12.1. The molecule has 0 aliphatic carbocycles. The van der Waals surface area contributed by atoms with Crippen molar-refractivity contribution in [2.45, 2.75) is 74.4 Å². The molecule has 0 aromatic heterocycles. The van der Waals surface area contributed by atoms with Crippen LogP contribution in [0.3, 0.4) is 0 Å². The fraction of sp³-hybridized carbons (Fsp3) is 0.727. The molecule has 0 saturated carbocycles. The van der Waals surface area contributed by atoms with Crippen LogP contribution in [0.1, 0.15) is 62.3 Å². The molecule has 0 aromatic carbocycles. The molecule has 0 heterocycles. The molecular weight excluding hydrogens is 340 g/mol. The van der Waals surface area contributed by atoms with E-state index in [1.54, 1.807) is 20.0 Å². The molecule has 0 rings (SSSR count). The van der Waals surface area contributed by atoms with Gasteiger partial charge in [-0.1, -0.05) is 73.6 Å². The molecule has 156 valence electrons. The van der Waals surface area contributed by atoms with Crippen molar-refractivity contribution in [3.63, 3.8) is 0 Å². The highest BCUT2D eigenvalue weighted by molar-refractivity contribution is 5.85. The van der Waals surface area contributed by atoms with Gasteiger partial charge in [-0.2, -0.15) is 0 Å². The molecule has 1 amide bonds. The summed E-state index contributed by atoms with van der Waals surface area (Å²) < 4.78 is 0. The zero-order valence-corrected chi connectivity index (χ0v) is 18.8. The molecule has 0 aliphatic rings. The SMILES string of the molecule is CNC(C(=O)NC(/C=C/C(/C=C(\C)C(=O)O)C(C)C)C(C)(C)C)C(C)(C)C. The number of hydrogen-bond donors (Lipinski definition) is 3. The van der Waals surface area contributed by atoms with E-state index in [0.29, 0.717) is 5.57 Å². The van der Waals surface area contributed by atoms with Gasteiger partial charge in [0.1, 0.15) is 0 Å². The normalized spacial score (nSPS) is 17.1. The highest BCUT2D eigenvalue weighted by atomic mass is 16.4. The van der Waals surface area contributed by atoms with Gasteiger partial charge >= 0.3 is 5.97 Å². The number of nitrogens with one attached hydrogen (secondary N) is 2. The van der Waals surface area contributed by atoms with Crippen molar-refractivity contribution in [3.8, 4) is 0 Å². The number of aliphatic carboxylic acids is 1. The first-order valence-corrected chi connectivity index (χ1v) is 9.69. The van der Waals surface area contributed by atoms with Crippen LogP contribution in [-0.4, -0.2) is 36.1 Å². The van der Waals surface area contributed by atoms with Crippen molar-refractivity contribution in [2.24, 2.45) is 22.7 Å². The predicted octanol–water partition coefficient (Wildman–Crippen LogP) is 4.01. The lowest BCUT2D eigenvalue weighted by molar-refractivity contribution is -0.132. The Balaban J connectivity index is 5.60. The molecule has 0 bridgehead atoms. The van der Waals surface area contributed by atoms with Crippen LogP contribution in [0.5, 0.6) is 0 Å². The number of hydrogen-bond acceptors (Lipinski definition) is 3. The van der Waals surface area contributed by atoms with Gasteiger partial charge in [0.25, 0.3) is 0 Å². The van der Waals surface area contributed by atoms with Crippen molar-refractivity contribution < 1.29 is 14.7 Å². The van der Waals surface area contributed by atoms with Crippen molar-refractivity contribution >= 4 is 11.9 Å². The lowest BCUT2D eigenvalue weighted by Crippen LogP contribution is -2.54. The maximum atomic E-state index is 12.8. The second kappa shape index (κ2) is 10.1. The van der Waals surface area contributed by atoms with Crippen LogP contribution < -0.4 is 10.6 Å². The molecule has 5 nitrogen and oxygen atoms in total. The molecule has 0 saturated heterocycles. The maximum Gasteiger partial charge on any atom is 0.330 e. The summed E-state index contributed by atoms with van der Waals surface area (Å²) in [5.74, 6) is -0.693. The molecule has 0 radical (unpaired) electrons. The second-order valence-electron chi connectivity index (χ2n) is 9.80. The first kappa shape index (κ1) is 25.4. The number of amides is 1. The van der Waals surface area contributed by atoms with Crippen molar-refractivity contribution in [3.05, 3.63) is 23.8 Å².